The SMILES string of the molecule is Cc1c(Cl)[nH]c(=O)n(C2CCCS(=O)(=O)C2)c1=O. The molecule has 1 fully saturated rings. The second-order valence-electron chi connectivity index (χ2n) is 4.45. The number of halogens is 1. The summed E-state index contributed by atoms with van der Waals surface area (Å²) in [7, 11) is -3.18. The molecular formula is C10H13ClN2O4S. The standard InChI is InChI=1S/C10H13ClN2O4S/c1-6-8(11)12-10(15)13(9(6)14)7-3-2-4-18(16,17)5-7/h7H,2-5H2,1H3,(H,12,15). The summed E-state index contributed by atoms with van der Waals surface area (Å²) in [6.45, 7) is 1.49. The third-order valence-electron chi connectivity index (χ3n) is 3.11. The number of aromatic amines is 1. The van der Waals surface area contributed by atoms with E-state index in [0.717, 1.165) is 4.57 Å². The van der Waals surface area contributed by atoms with E-state index in [2.05, 4.69) is 4.98 Å². The molecule has 1 aliphatic heterocycles. The van der Waals surface area contributed by atoms with Gasteiger partial charge in [-0.2, -0.15) is 0 Å². The Morgan fingerprint density at radius 3 is 2.67 bits per heavy atom. The molecule has 0 bridgehead atoms. The number of sulfone groups is 1. The molecule has 1 aliphatic rings. The molecule has 0 aliphatic carbocycles. The fourth-order valence-corrected chi connectivity index (χ4v) is 3.99. The highest BCUT2D eigenvalue weighted by molar-refractivity contribution is 7.91. The molecule has 1 N–H and O–H groups in total. The second kappa shape index (κ2) is 4.55. The maximum Gasteiger partial charge on any atom is 0.329 e. The van der Waals surface area contributed by atoms with Crippen LogP contribution in [0, 0.1) is 6.92 Å². The zero-order chi connectivity index (χ0) is 13.5. The van der Waals surface area contributed by atoms with Crippen molar-refractivity contribution >= 4 is 21.4 Å². The molecule has 1 saturated heterocycles. The number of hydrogen-bond acceptors (Lipinski definition) is 4. The summed E-state index contributed by atoms with van der Waals surface area (Å²) in [5, 5.41) is -0.0000772. The molecule has 1 atom stereocenters. The molecule has 100 valence electrons. The van der Waals surface area contributed by atoms with Gasteiger partial charge in [-0.05, 0) is 19.8 Å². The van der Waals surface area contributed by atoms with E-state index >= 15 is 0 Å². The van der Waals surface area contributed by atoms with Crippen LogP contribution in [-0.2, 0) is 9.84 Å². The third-order valence-corrected chi connectivity index (χ3v) is 5.29. The van der Waals surface area contributed by atoms with Gasteiger partial charge in [-0.3, -0.25) is 14.3 Å². The Hall–Kier alpha value is -1.08. The Balaban J connectivity index is 2.56. The van der Waals surface area contributed by atoms with Gasteiger partial charge in [-0.15, -0.1) is 0 Å². The molecule has 0 amide bonds. The molecular weight excluding hydrogens is 280 g/mol. The maximum absolute atomic E-state index is 12.0. The summed E-state index contributed by atoms with van der Waals surface area (Å²) in [6, 6.07) is -0.601. The first-order valence-electron chi connectivity index (χ1n) is 5.53. The topological polar surface area (TPSA) is 89.0 Å². The molecule has 8 heteroatoms. The fourth-order valence-electron chi connectivity index (χ4n) is 2.15. The summed E-state index contributed by atoms with van der Waals surface area (Å²) >= 11 is 5.70. The number of H-pyrrole nitrogens is 1. The lowest BCUT2D eigenvalue weighted by atomic mass is 10.2. The molecule has 0 aromatic carbocycles. The number of nitrogens with zero attached hydrogens (tertiary/aromatic N) is 1. The van der Waals surface area contributed by atoms with Crippen molar-refractivity contribution in [2.45, 2.75) is 25.8 Å². The number of hydrogen-bond donors (Lipinski definition) is 1. The Morgan fingerprint density at radius 2 is 2.06 bits per heavy atom. The summed E-state index contributed by atoms with van der Waals surface area (Å²) in [4.78, 5) is 26.1. The Kier molecular flexibility index (Phi) is 3.37. The van der Waals surface area contributed by atoms with Gasteiger partial charge < -0.3 is 0 Å². The van der Waals surface area contributed by atoms with E-state index in [1.54, 1.807) is 0 Å². The molecule has 2 heterocycles. The molecule has 18 heavy (non-hydrogen) atoms. The largest absolute Gasteiger partial charge is 0.329 e. The first-order chi connectivity index (χ1) is 8.32. The molecule has 2 rings (SSSR count). The van der Waals surface area contributed by atoms with Crippen LogP contribution in [0.1, 0.15) is 24.4 Å². The normalized spacial score (nSPS) is 22.9. The van der Waals surface area contributed by atoms with Crippen molar-refractivity contribution in [3.8, 4) is 0 Å². The first-order valence-corrected chi connectivity index (χ1v) is 7.73. The lowest BCUT2D eigenvalue weighted by Crippen LogP contribution is -2.43. The van der Waals surface area contributed by atoms with E-state index in [1.807, 2.05) is 0 Å². The van der Waals surface area contributed by atoms with E-state index in [9.17, 15) is 18.0 Å². The predicted molar refractivity (Wildman–Crippen MR) is 68.0 cm³/mol. The highest BCUT2D eigenvalue weighted by Gasteiger charge is 2.28. The Morgan fingerprint density at radius 1 is 1.39 bits per heavy atom. The first kappa shape index (κ1) is 13.4. The van der Waals surface area contributed by atoms with Crippen LogP contribution < -0.4 is 11.2 Å². The minimum absolute atomic E-state index is 0.0000772. The molecule has 1 aromatic heterocycles. The minimum Gasteiger partial charge on any atom is -0.297 e. The minimum atomic E-state index is -3.18. The van der Waals surface area contributed by atoms with Gasteiger partial charge in [-0.1, -0.05) is 11.6 Å². The van der Waals surface area contributed by atoms with Crippen LogP contribution in [0.5, 0.6) is 0 Å². The van der Waals surface area contributed by atoms with Gasteiger partial charge in [-0.25, -0.2) is 13.2 Å². The highest BCUT2D eigenvalue weighted by Crippen LogP contribution is 2.21. The molecule has 1 unspecified atom stereocenters. The third kappa shape index (κ3) is 2.37. The van der Waals surface area contributed by atoms with Crippen LogP contribution in [0.15, 0.2) is 9.59 Å². The van der Waals surface area contributed by atoms with Crippen LogP contribution in [0.4, 0.5) is 0 Å². The zero-order valence-electron chi connectivity index (χ0n) is 9.77. The van der Waals surface area contributed by atoms with Gasteiger partial charge in [0.25, 0.3) is 5.56 Å². The predicted octanol–water partition coefficient (Wildman–Crippen LogP) is 0.248. The van der Waals surface area contributed by atoms with Gasteiger partial charge in [0.2, 0.25) is 0 Å². The lowest BCUT2D eigenvalue weighted by Gasteiger charge is -2.23. The van der Waals surface area contributed by atoms with Crippen molar-refractivity contribution in [2.75, 3.05) is 11.5 Å². The second-order valence-corrected chi connectivity index (χ2v) is 7.06. The van der Waals surface area contributed by atoms with Gasteiger partial charge in [0, 0.05) is 5.56 Å². The monoisotopic (exact) mass is 292 g/mol. The number of aromatic nitrogens is 2. The van der Waals surface area contributed by atoms with Gasteiger partial charge in [0.15, 0.2) is 9.84 Å². The maximum atomic E-state index is 12.0. The summed E-state index contributed by atoms with van der Waals surface area (Å²) in [6.07, 6.45) is 0.962. The van der Waals surface area contributed by atoms with Gasteiger partial charge in [0.05, 0.1) is 17.5 Å². The van der Waals surface area contributed by atoms with Crippen molar-refractivity contribution in [3.63, 3.8) is 0 Å². The van der Waals surface area contributed by atoms with Crippen LogP contribution in [0.3, 0.4) is 0 Å². The van der Waals surface area contributed by atoms with E-state index in [-0.39, 0.29) is 22.2 Å². The van der Waals surface area contributed by atoms with E-state index in [0.29, 0.717) is 12.8 Å². The number of rotatable bonds is 1. The zero-order valence-corrected chi connectivity index (χ0v) is 11.3. The average molecular weight is 293 g/mol. The molecule has 0 radical (unpaired) electrons. The summed E-state index contributed by atoms with van der Waals surface area (Å²) < 4.78 is 24.1. The van der Waals surface area contributed by atoms with Crippen molar-refractivity contribution < 1.29 is 8.42 Å². The fraction of sp³-hybridized carbons (Fsp3) is 0.600. The van der Waals surface area contributed by atoms with Crippen molar-refractivity contribution in [2.24, 2.45) is 0 Å². The quantitative estimate of drug-likeness (QED) is 0.751. The van der Waals surface area contributed by atoms with E-state index in [4.69, 9.17) is 11.6 Å². The number of nitrogens with one attached hydrogen (secondary N) is 1. The van der Waals surface area contributed by atoms with E-state index in [1.165, 1.54) is 6.92 Å². The Bertz CT molecular complexity index is 689. The van der Waals surface area contributed by atoms with E-state index < -0.39 is 27.1 Å². The smallest absolute Gasteiger partial charge is 0.297 e. The van der Waals surface area contributed by atoms with Crippen LogP contribution >= 0.6 is 11.6 Å². The summed E-state index contributed by atoms with van der Waals surface area (Å²) in [5.74, 6) is -0.0558. The highest BCUT2D eigenvalue weighted by atomic mass is 35.5. The van der Waals surface area contributed by atoms with Crippen molar-refractivity contribution in [1.29, 1.82) is 0 Å². The van der Waals surface area contributed by atoms with Gasteiger partial charge in [0.1, 0.15) is 5.15 Å². The van der Waals surface area contributed by atoms with Crippen molar-refractivity contribution in [3.05, 3.63) is 31.6 Å². The molecule has 0 saturated carbocycles. The molecule has 6 nitrogen and oxygen atoms in total. The van der Waals surface area contributed by atoms with Gasteiger partial charge >= 0.3 is 5.69 Å². The van der Waals surface area contributed by atoms with Crippen LogP contribution in [0.2, 0.25) is 5.15 Å². The average Bonchev–Trinajstić information content (AvgIpc) is 2.25. The molecule has 1 aromatic rings. The van der Waals surface area contributed by atoms with Crippen LogP contribution in [-0.4, -0.2) is 29.5 Å². The molecule has 0 spiro atoms. The van der Waals surface area contributed by atoms with Crippen LogP contribution in [0.25, 0.3) is 0 Å². The van der Waals surface area contributed by atoms with Crippen molar-refractivity contribution in [1.82, 2.24) is 9.55 Å². The lowest BCUT2D eigenvalue weighted by molar-refractivity contribution is 0.443. The Labute approximate surface area is 109 Å². The summed E-state index contributed by atoms with van der Waals surface area (Å²) in [5.41, 5.74) is -0.956.